The van der Waals surface area contributed by atoms with Crippen molar-refractivity contribution < 1.29 is 9.59 Å². The van der Waals surface area contributed by atoms with Gasteiger partial charge in [-0.05, 0) is 23.3 Å². The molecule has 0 bridgehead atoms. The van der Waals surface area contributed by atoms with Crippen molar-refractivity contribution >= 4 is 34.4 Å². The molecule has 1 aromatic carbocycles. The van der Waals surface area contributed by atoms with E-state index in [-0.39, 0.29) is 5.78 Å². The topological polar surface area (TPSA) is 113 Å². The van der Waals surface area contributed by atoms with Crippen molar-refractivity contribution in [1.82, 2.24) is 9.97 Å². The van der Waals surface area contributed by atoms with Crippen LogP contribution in [0, 0.1) is 22.2 Å². The van der Waals surface area contributed by atoms with Gasteiger partial charge in [-0.1, -0.05) is 57.2 Å². The van der Waals surface area contributed by atoms with Crippen LogP contribution in [-0.2, 0) is 9.59 Å². The number of nitriles is 1. The highest BCUT2D eigenvalue weighted by Crippen LogP contribution is 2.57. The Morgan fingerprint density at radius 1 is 1.15 bits per heavy atom. The number of nitrogens with two attached hydrogens (primary N) is 1. The number of Topliss-reactive ketones (excluding diaryl/α,β-unsaturated/α-hetero) is 1. The molecule has 2 aromatic heterocycles. The first-order valence-corrected chi connectivity index (χ1v) is 11.2. The number of amides is 1. The minimum atomic E-state index is -1.68. The van der Waals surface area contributed by atoms with E-state index < -0.39 is 34.7 Å². The summed E-state index contributed by atoms with van der Waals surface area (Å²) in [7, 11) is 0. The zero-order valence-corrected chi connectivity index (χ0v) is 19.3. The molecular formula is C27H25N5O2. The minimum Gasteiger partial charge on any atom is -0.368 e. The molecule has 7 nitrogen and oxygen atoms in total. The van der Waals surface area contributed by atoms with E-state index in [0.717, 1.165) is 16.6 Å². The Bertz CT molecular complexity index is 1390. The number of primary amides is 1. The molecule has 1 saturated heterocycles. The summed E-state index contributed by atoms with van der Waals surface area (Å²) in [5.41, 5.74) is 6.54. The Kier molecular flexibility index (Phi) is 4.80. The molecule has 170 valence electrons. The number of carbonyl (C=O) groups is 2. The Balaban J connectivity index is 1.89. The second kappa shape index (κ2) is 7.49. The van der Waals surface area contributed by atoms with Gasteiger partial charge in [0.15, 0.2) is 11.2 Å². The number of pyridine rings is 2. The fourth-order valence-electron chi connectivity index (χ4n) is 5.47. The third-order valence-corrected chi connectivity index (χ3v) is 7.01. The van der Waals surface area contributed by atoms with Gasteiger partial charge in [0.25, 0.3) is 0 Å². The maximum atomic E-state index is 14.1. The van der Waals surface area contributed by atoms with E-state index in [9.17, 15) is 14.9 Å². The van der Waals surface area contributed by atoms with Crippen LogP contribution in [0.5, 0.6) is 0 Å². The molecule has 0 saturated carbocycles. The van der Waals surface area contributed by atoms with Gasteiger partial charge in [-0.2, -0.15) is 5.26 Å². The Labute approximate surface area is 197 Å². The summed E-state index contributed by atoms with van der Waals surface area (Å²) in [4.78, 5) is 38.1. The lowest BCUT2D eigenvalue weighted by molar-refractivity contribution is -0.128. The highest BCUT2D eigenvalue weighted by Gasteiger charge is 2.66. The lowest BCUT2D eigenvalue weighted by Crippen LogP contribution is -2.49. The van der Waals surface area contributed by atoms with Crippen molar-refractivity contribution in [3.8, 4) is 6.07 Å². The molecule has 2 N–H and O–H groups in total. The smallest absolute Gasteiger partial charge is 0.241 e. The van der Waals surface area contributed by atoms with Gasteiger partial charge in [0.2, 0.25) is 5.91 Å². The van der Waals surface area contributed by atoms with Crippen molar-refractivity contribution in [3.63, 3.8) is 0 Å². The predicted molar refractivity (Wildman–Crippen MR) is 130 cm³/mol. The van der Waals surface area contributed by atoms with Crippen LogP contribution in [0.2, 0.25) is 0 Å². The van der Waals surface area contributed by atoms with Gasteiger partial charge in [0, 0.05) is 35.3 Å². The lowest BCUT2D eigenvalue weighted by Gasteiger charge is -2.38. The third-order valence-electron chi connectivity index (χ3n) is 7.01. The number of carbonyl (C=O) groups excluding carboxylic acids is 2. The third kappa shape index (κ3) is 2.88. The highest BCUT2D eigenvalue weighted by molar-refractivity contribution is 6.04. The first kappa shape index (κ1) is 21.8. The maximum Gasteiger partial charge on any atom is 0.241 e. The van der Waals surface area contributed by atoms with E-state index in [0.29, 0.717) is 11.1 Å². The van der Waals surface area contributed by atoms with Crippen LogP contribution in [0.1, 0.15) is 37.8 Å². The van der Waals surface area contributed by atoms with Crippen LogP contribution >= 0.6 is 0 Å². The molecular weight excluding hydrogens is 426 g/mol. The van der Waals surface area contributed by atoms with Crippen LogP contribution in [0.15, 0.2) is 61.1 Å². The molecule has 4 heterocycles. The molecule has 4 atom stereocenters. The fraction of sp³-hybridized carbons (Fsp3) is 0.296. The number of aromatic nitrogens is 2. The summed E-state index contributed by atoms with van der Waals surface area (Å²) in [6.45, 7) is 5.55. The highest BCUT2D eigenvalue weighted by atomic mass is 16.1. The first-order valence-electron chi connectivity index (χ1n) is 11.2. The zero-order valence-electron chi connectivity index (χ0n) is 19.3. The van der Waals surface area contributed by atoms with Crippen LogP contribution in [-0.4, -0.2) is 33.7 Å². The fourth-order valence-corrected chi connectivity index (χ4v) is 5.47. The number of nitrogens with zero attached hydrogens (tertiary/aromatic N) is 4. The van der Waals surface area contributed by atoms with E-state index >= 15 is 0 Å². The van der Waals surface area contributed by atoms with Crippen molar-refractivity contribution in [2.75, 3.05) is 4.90 Å². The summed E-state index contributed by atoms with van der Waals surface area (Å²) in [5, 5.41) is 11.5. The normalized spacial score (nSPS) is 25.5. The minimum absolute atomic E-state index is 0.0843. The van der Waals surface area contributed by atoms with Crippen LogP contribution < -0.4 is 10.6 Å². The number of hydrogen-bond donors (Lipinski definition) is 1. The van der Waals surface area contributed by atoms with Gasteiger partial charge in [-0.15, -0.1) is 0 Å². The monoisotopic (exact) mass is 451 g/mol. The predicted octanol–water partition coefficient (Wildman–Crippen LogP) is 3.61. The van der Waals surface area contributed by atoms with E-state index in [4.69, 9.17) is 5.73 Å². The van der Waals surface area contributed by atoms with Crippen LogP contribution in [0.25, 0.3) is 17.0 Å². The van der Waals surface area contributed by atoms with E-state index in [1.165, 1.54) is 0 Å². The molecule has 3 aromatic rings. The number of hydrogen-bond acceptors (Lipinski definition) is 6. The molecule has 34 heavy (non-hydrogen) atoms. The lowest BCUT2D eigenvalue weighted by atomic mass is 9.66. The standard InChI is InChI=1S/C27H25N5O2/c1-26(2,3)24(33)23-20(18-7-4-12-30-14-18)27(15-28,25(29)34)19-11-10-17-9-8-16-6-5-13-31-21(16)22(17)32(19)23/h4-14,19-20,23H,1-3H3,(H2,29,34)/t19-,20+,23-,27+/m1/s1. The first-order chi connectivity index (χ1) is 16.2. The summed E-state index contributed by atoms with van der Waals surface area (Å²) in [5.74, 6) is -1.65. The number of benzene rings is 1. The quantitative estimate of drug-likeness (QED) is 0.651. The van der Waals surface area contributed by atoms with Gasteiger partial charge in [-0.3, -0.25) is 19.6 Å². The summed E-state index contributed by atoms with van der Waals surface area (Å²) in [6.07, 6.45) is 8.66. The molecule has 0 unspecified atom stereocenters. The Morgan fingerprint density at radius 2 is 1.91 bits per heavy atom. The molecule has 0 aliphatic carbocycles. The average Bonchev–Trinajstić information content (AvgIpc) is 3.14. The second-order valence-electron chi connectivity index (χ2n) is 9.96. The van der Waals surface area contributed by atoms with Crippen molar-refractivity contribution in [1.29, 1.82) is 5.26 Å². The number of anilines is 1. The van der Waals surface area contributed by atoms with Gasteiger partial charge in [0.05, 0.1) is 29.4 Å². The summed E-state index contributed by atoms with van der Waals surface area (Å²) < 4.78 is 0. The average molecular weight is 452 g/mol. The molecule has 1 amide bonds. The Hall–Kier alpha value is -4.05. The van der Waals surface area contributed by atoms with Gasteiger partial charge < -0.3 is 10.6 Å². The number of ketones is 1. The van der Waals surface area contributed by atoms with Gasteiger partial charge in [0.1, 0.15) is 0 Å². The number of fused-ring (bicyclic) bond motifs is 5. The van der Waals surface area contributed by atoms with Crippen LogP contribution in [0.3, 0.4) is 0 Å². The molecule has 0 spiro atoms. The zero-order chi connectivity index (χ0) is 24.3. The molecule has 7 heteroatoms. The molecule has 2 aliphatic rings. The molecule has 1 fully saturated rings. The molecule has 0 radical (unpaired) electrons. The van der Waals surface area contributed by atoms with Gasteiger partial charge in [-0.25, -0.2) is 0 Å². The van der Waals surface area contributed by atoms with Gasteiger partial charge >= 0.3 is 0 Å². The van der Waals surface area contributed by atoms with E-state index in [2.05, 4.69) is 16.0 Å². The van der Waals surface area contributed by atoms with Crippen molar-refractivity contribution in [3.05, 3.63) is 72.2 Å². The van der Waals surface area contributed by atoms with E-state index in [1.54, 1.807) is 30.7 Å². The van der Waals surface area contributed by atoms with Crippen molar-refractivity contribution in [2.24, 2.45) is 16.6 Å². The number of rotatable bonds is 3. The second-order valence-corrected chi connectivity index (χ2v) is 9.96. The summed E-state index contributed by atoms with van der Waals surface area (Å²) in [6, 6.07) is 12.0. The SMILES string of the molecule is CC(C)(C)C(=O)[C@H]1[C@H](c2cccnc2)[C@@](C#N)(C(N)=O)[C@H]2C=Cc3ccc4cccnc4c3N12. The maximum absolute atomic E-state index is 14.1. The van der Waals surface area contributed by atoms with Crippen molar-refractivity contribution in [2.45, 2.75) is 38.8 Å². The largest absolute Gasteiger partial charge is 0.368 e. The molecule has 2 aliphatic heterocycles. The van der Waals surface area contributed by atoms with Crippen LogP contribution in [0.4, 0.5) is 5.69 Å². The van der Waals surface area contributed by atoms with E-state index in [1.807, 2.05) is 62.1 Å². The summed E-state index contributed by atoms with van der Waals surface area (Å²) >= 11 is 0. The molecule has 5 rings (SSSR count). The Morgan fingerprint density at radius 3 is 2.56 bits per heavy atom.